The Labute approximate surface area is 127 Å². The molecule has 0 aromatic heterocycles. The van der Waals surface area contributed by atoms with Crippen molar-refractivity contribution in [2.24, 2.45) is 0 Å². The predicted octanol–water partition coefficient (Wildman–Crippen LogP) is 3.19. The van der Waals surface area contributed by atoms with E-state index in [-0.39, 0.29) is 5.91 Å². The number of likely N-dealkylation sites (tertiary alicyclic amines) is 1. The van der Waals surface area contributed by atoms with Crippen LogP contribution in [0.25, 0.3) is 0 Å². The van der Waals surface area contributed by atoms with Gasteiger partial charge in [0.1, 0.15) is 5.82 Å². The Balaban J connectivity index is 1.84. The van der Waals surface area contributed by atoms with Gasteiger partial charge in [0, 0.05) is 23.6 Å². The minimum Gasteiger partial charge on any atom is -0.351 e. The third-order valence-electron chi connectivity index (χ3n) is 3.80. The first-order valence-electron chi connectivity index (χ1n) is 7.05. The fourth-order valence-electron chi connectivity index (χ4n) is 2.57. The number of rotatable bonds is 4. The Kier molecular flexibility index (Phi) is 5.54. The molecule has 0 bridgehead atoms. The van der Waals surface area contributed by atoms with Crippen molar-refractivity contribution in [1.82, 2.24) is 10.2 Å². The number of nitrogens with zero attached hydrogens (tertiary/aromatic N) is 1. The Morgan fingerprint density at radius 3 is 3.05 bits per heavy atom. The highest BCUT2D eigenvalue weighted by atomic mass is 79.9. The van der Waals surface area contributed by atoms with E-state index in [1.54, 1.807) is 6.07 Å². The maximum Gasteiger partial charge on any atom is 0.252 e. The van der Waals surface area contributed by atoms with Crippen molar-refractivity contribution in [1.29, 1.82) is 0 Å². The van der Waals surface area contributed by atoms with Crippen molar-refractivity contribution in [3.63, 3.8) is 0 Å². The number of piperidine rings is 1. The highest BCUT2D eigenvalue weighted by Crippen LogP contribution is 2.18. The lowest BCUT2D eigenvalue weighted by atomic mass is 10.0. The first-order valence-corrected chi connectivity index (χ1v) is 7.84. The number of hydrogen-bond acceptors (Lipinski definition) is 2. The summed E-state index contributed by atoms with van der Waals surface area (Å²) < 4.78 is 13.8. The first kappa shape index (κ1) is 15.4. The zero-order valence-corrected chi connectivity index (χ0v) is 13.2. The molecule has 1 aliphatic heterocycles. The van der Waals surface area contributed by atoms with Crippen LogP contribution in [0.4, 0.5) is 4.39 Å². The molecule has 1 N–H and O–H groups in total. The van der Waals surface area contributed by atoms with E-state index in [0.717, 1.165) is 13.1 Å². The average Bonchev–Trinajstić information content (AvgIpc) is 2.43. The molecule has 2 rings (SSSR count). The van der Waals surface area contributed by atoms with Gasteiger partial charge in [0.05, 0.1) is 5.56 Å². The summed E-state index contributed by atoms with van der Waals surface area (Å²) in [5.41, 5.74) is 0.344. The first-order chi connectivity index (χ1) is 9.58. The molecule has 1 aliphatic rings. The number of carbonyl (C=O) groups excluding carboxylic acids is 1. The number of hydrogen-bond donors (Lipinski definition) is 1. The summed E-state index contributed by atoms with van der Waals surface area (Å²) >= 11 is 3.27. The van der Waals surface area contributed by atoms with Gasteiger partial charge in [-0.2, -0.15) is 0 Å². The zero-order valence-electron chi connectivity index (χ0n) is 11.7. The molecule has 1 aromatic rings. The second-order valence-corrected chi connectivity index (χ2v) is 6.12. The molecule has 5 heteroatoms. The number of halogens is 2. The lowest BCUT2D eigenvalue weighted by Crippen LogP contribution is -2.42. The van der Waals surface area contributed by atoms with Crippen LogP contribution in [0.5, 0.6) is 0 Å². The standard InChI is InChI=1S/C15H20BrFN2O/c1-11-4-2-3-8-19(11)9-7-18-15(20)13-10-12(17)5-6-14(13)16/h5-6,10-11H,2-4,7-9H2,1H3,(H,18,20). The van der Waals surface area contributed by atoms with Crippen LogP contribution in [0.15, 0.2) is 22.7 Å². The van der Waals surface area contributed by atoms with Crippen LogP contribution in [0.2, 0.25) is 0 Å². The molecule has 1 atom stereocenters. The Morgan fingerprint density at radius 2 is 2.30 bits per heavy atom. The van der Waals surface area contributed by atoms with Crippen LogP contribution in [-0.2, 0) is 0 Å². The number of amides is 1. The van der Waals surface area contributed by atoms with E-state index in [1.165, 1.54) is 31.4 Å². The molecule has 0 aliphatic carbocycles. The molecular formula is C15H20BrFN2O. The Bertz CT molecular complexity index is 481. The summed E-state index contributed by atoms with van der Waals surface area (Å²) in [7, 11) is 0. The maximum atomic E-state index is 13.2. The summed E-state index contributed by atoms with van der Waals surface area (Å²) in [6.45, 7) is 4.76. The third-order valence-corrected chi connectivity index (χ3v) is 4.49. The summed E-state index contributed by atoms with van der Waals surface area (Å²) in [5, 5.41) is 2.86. The number of nitrogens with one attached hydrogen (secondary N) is 1. The molecule has 3 nitrogen and oxygen atoms in total. The average molecular weight is 343 g/mol. The normalized spacial score (nSPS) is 19.9. The van der Waals surface area contributed by atoms with Crippen molar-refractivity contribution < 1.29 is 9.18 Å². The van der Waals surface area contributed by atoms with Gasteiger partial charge in [-0.15, -0.1) is 0 Å². The second kappa shape index (κ2) is 7.18. The van der Waals surface area contributed by atoms with Crippen molar-refractivity contribution in [2.75, 3.05) is 19.6 Å². The fraction of sp³-hybridized carbons (Fsp3) is 0.533. The van der Waals surface area contributed by atoms with Crippen LogP contribution in [0.1, 0.15) is 36.5 Å². The minimum absolute atomic E-state index is 0.235. The molecule has 1 fully saturated rings. The van der Waals surface area contributed by atoms with E-state index in [4.69, 9.17) is 0 Å². The van der Waals surface area contributed by atoms with Crippen LogP contribution in [-0.4, -0.2) is 36.5 Å². The minimum atomic E-state index is -0.400. The topological polar surface area (TPSA) is 32.3 Å². The Hall–Kier alpha value is -0.940. The van der Waals surface area contributed by atoms with Gasteiger partial charge < -0.3 is 5.32 Å². The van der Waals surface area contributed by atoms with Crippen molar-refractivity contribution in [3.8, 4) is 0 Å². The molecule has 1 unspecified atom stereocenters. The molecular weight excluding hydrogens is 323 g/mol. The number of benzene rings is 1. The van der Waals surface area contributed by atoms with Gasteiger partial charge in [-0.3, -0.25) is 9.69 Å². The molecule has 0 saturated carbocycles. The lowest BCUT2D eigenvalue weighted by molar-refractivity contribution is 0.0937. The number of carbonyl (C=O) groups is 1. The van der Waals surface area contributed by atoms with E-state index < -0.39 is 5.82 Å². The Morgan fingerprint density at radius 1 is 1.50 bits per heavy atom. The van der Waals surface area contributed by atoms with E-state index in [1.807, 2.05) is 0 Å². The van der Waals surface area contributed by atoms with Gasteiger partial charge in [0.15, 0.2) is 0 Å². The molecule has 1 heterocycles. The van der Waals surface area contributed by atoms with Crippen molar-refractivity contribution in [2.45, 2.75) is 32.2 Å². The third kappa shape index (κ3) is 4.03. The van der Waals surface area contributed by atoms with Crippen LogP contribution >= 0.6 is 15.9 Å². The largest absolute Gasteiger partial charge is 0.351 e. The highest BCUT2D eigenvalue weighted by molar-refractivity contribution is 9.10. The highest BCUT2D eigenvalue weighted by Gasteiger charge is 2.18. The van der Waals surface area contributed by atoms with Gasteiger partial charge >= 0.3 is 0 Å². The van der Waals surface area contributed by atoms with Gasteiger partial charge in [0.2, 0.25) is 0 Å². The summed E-state index contributed by atoms with van der Waals surface area (Å²) in [6.07, 6.45) is 3.75. The van der Waals surface area contributed by atoms with Crippen molar-refractivity contribution in [3.05, 3.63) is 34.1 Å². The predicted molar refractivity (Wildman–Crippen MR) is 81.3 cm³/mol. The van der Waals surface area contributed by atoms with Gasteiger partial charge in [-0.05, 0) is 60.4 Å². The zero-order chi connectivity index (χ0) is 14.5. The second-order valence-electron chi connectivity index (χ2n) is 5.26. The van der Waals surface area contributed by atoms with Crippen molar-refractivity contribution >= 4 is 21.8 Å². The van der Waals surface area contributed by atoms with Crippen LogP contribution < -0.4 is 5.32 Å². The lowest BCUT2D eigenvalue weighted by Gasteiger charge is -2.33. The summed E-state index contributed by atoms with van der Waals surface area (Å²) in [5.74, 6) is -0.635. The van der Waals surface area contributed by atoms with Gasteiger partial charge in [-0.1, -0.05) is 6.42 Å². The maximum absolute atomic E-state index is 13.2. The molecule has 1 aromatic carbocycles. The summed E-state index contributed by atoms with van der Waals surface area (Å²) in [4.78, 5) is 14.4. The molecule has 20 heavy (non-hydrogen) atoms. The quantitative estimate of drug-likeness (QED) is 0.911. The molecule has 110 valence electrons. The van der Waals surface area contributed by atoms with E-state index in [0.29, 0.717) is 22.6 Å². The van der Waals surface area contributed by atoms with E-state index >= 15 is 0 Å². The fourth-order valence-corrected chi connectivity index (χ4v) is 3.00. The monoisotopic (exact) mass is 342 g/mol. The molecule has 1 saturated heterocycles. The van der Waals surface area contributed by atoms with Crippen LogP contribution in [0, 0.1) is 5.82 Å². The molecule has 1 amide bonds. The summed E-state index contributed by atoms with van der Waals surface area (Å²) in [6, 6.07) is 4.72. The SMILES string of the molecule is CC1CCCCN1CCNC(=O)c1cc(F)ccc1Br. The molecule has 0 radical (unpaired) electrons. The van der Waals surface area contributed by atoms with Gasteiger partial charge in [0.25, 0.3) is 5.91 Å². The van der Waals surface area contributed by atoms with Gasteiger partial charge in [-0.25, -0.2) is 4.39 Å². The van der Waals surface area contributed by atoms with E-state index in [9.17, 15) is 9.18 Å². The van der Waals surface area contributed by atoms with Crippen LogP contribution in [0.3, 0.4) is 0 Å². The smallest absolute Gasteiger partial charge is 0.252 e. The van der Waals surface area contributed by atoms with E-state index in [2.05, 4.69) is 33.1 Å². The molecule has 0 spiro atoms.